The van der Waals surface area contributed by atoms with E-state index in [-0.39, 0.29) is 0 Å². The zero-order chi connectivity index (χ0) is 16.7. The molecule has 0 bridgehead atoms. The van der Waals surface area contributed by atoms with Crippen molar-refractivity contribution in [1.82, 2.24) is 0 Å². The molecule has 0 aliphatic rings. The van der Waals surface area contributed by atoms with Crippen LogP contribution in [0.3, 0.4) is 0 Å². The molecule has 0 fully saturated rings. The van der Waals surface area contributed by atoms with Gasteiger partial charge in [-0.1, -0.05) is 30.3 Å². The molecule has 0 nitrogen and oxygen atoms in total. The van der Waals surface area contributed by atoms with Gasteiger partial charge in [0.25, 0.3) is 5.41 Å². The Morgan fingerprint density at radius 1 is 0.667 bits per heavy atom. The van der Waals surface area contributed by atoms with Gasteiger partial charge in [-0.2, -0.15) is 39.5 Å². The predicted octanol–water partition coefficient (Wildman–Crippen LogP) is 5.64. The Hall–Kier alpha value is -1.12. The summed E-state index contributed by atoms with van der Waals surface area (Å²) in [5.74, 6) is 0. The van der Waals surface area contributed by atoms with Crippen molar-refractivity contribution in [2.75, 3.05) is 0 Å². The summed E-state index contributed by atoms with van der Waals surface area (Å²) in [5.41, 5.74) is -7.00. The molecular formula is C11H6ClF9. The summed E-state index contributed by atoms with van der Waals surface area (Å²) in [6.45, 7) is 0. The third-order valence-corrected chi connectivity index (χ3v) is 3.39. The normalized spacial score (nSPS) is 15.9. The van der Waals surface area contributed by atoms with Gasteiger partial charge in [-0.3, -0.25) is 0 Å². The van der Waals surface area contributed by atoms with E-state index in [0.29, 0.717) is 12.1 Å². The van der Waals surface area contributed by atoms with Crippen LogP contribution in [0.5, 0.6) is 0 Å². The van der Waals surface area contributed by atoms with Crippen molar-refractivity contribution in [3.05, 3.63) is 35.9 Å². The summed E-state index contributed by atoms with van der Waals surface area (Å²) >= 11 is 5.02. The lowest BCUT2D eigenvalue weighted by atomic mass is 9.78. The summed E-state index contributed by atoms with van der Waals surface area (Å²) in [6.07, 6.45) is -20.0. The van der Waals surface area contributed by atoms with Crippen molar-refractivity contribution in [1.29, 1.82) is 0 Å². The van der Waals surface area contributed by atoms with Crippen LogP contribution in [0.1, 0.15) is 10.9 Å². The molecule has 1 unspecified atom stereocenters. The van der Waals surface area contributed by atoms with Gasteiger partial charge in [-0.15, -0.1) is 11.6 Å². The van der Waals surface area contributed by atoms with Crippen molar-refractivity contribution >= 4 is 11.6 Å². The quantitative estimate of drug-likeness (QED) is 0.481. The summed E-state index contributed by atoms with van der Waals surface area (Å²) in [5, 5.41) is -3.40. The van der Waals surface area contributed by atoms with E-state index >= 15 is 0 Å². The van der Waals surface area contributed by atoms with Crippen LogP contribution in [0.4, 0.5) is 39.5 Å². The Kier molecular flexibility index (Phi) is 4.49. The second kappa shape index (κ2) is 5.26. The van der Waals surface area contributed by atoms with E-state index in [2.05, 4.69) is 0 Å². The van der Waals surface area contributed by atoms with E-state index in [0.717, 1.165) is 12.1 Å². The van der Waals surface area contributed by atoms with Crippen molar-refractivity contribution in [3.8, 4) is 0 Å². The fraction of sp³-hybridized carbons (Fsp3) is 0.455. The van der Waals surface area contributed by atoms with Gasteiger partial charge in [0.1, 0.15) is 0 Å². The van der Waals surface area contributed by atoms with Crippen LogP contribution in [0, 0.1) is 5.41 Å². The molecule has 0 N–H and O–H groups in total. The van der Waals surface area contributed by atoms with E-state index in [1.807, 2.05) is 0 Å². The lowest BCUT2D eigenvalue weighted by Gasteiger charge is -2.41. The first-order valence-corrected chi connectivity index (χ1v) is 5.59. The SMILES string of the molecule is FC(F)(F)C(C(Cl)c1ccccc1)(C(F)(F)F)C(F)(F)F. The lowest BCUT2D eigenvalue weighted by Crippen LogP contribution is -2.61. The first kappa shape index (κ1) is 17.9. The molecule has 1 aromatic rings. The molecule has 0 aromatic heterocycles. The minimum absolute atomic E-state index is 0.662. The fourth-order valence-corrected chi connectivity index (χ4v) is 2.30. The Labute approximate surface area is 117 Å². The summed E-state index contributed by atoms with van der Waals surface area (Å²) < 4.78 is 115. The maximum Gasteiger partial charge on any atom is 0.413 e. The largest absolute Gasteiger partial charge is 0.413 e. The average molecular weight is 345 g/mol. The molecule has 0 saturated heterocycles. The van der Waals surface area contributed by atoms with Gasteiger partial charge in [0.2, 0.25) is 0 Å². The molecule has 21 heavy (non-hydrogen) atoms. The van der Waals surface area contributed by atoms with Gasteiger partial charge in [-0.05, 0) is 5.56 Å². The van der Waals surface area contributed by atoms with Crippen LogP contribution in [-0.4, -0.2) is 18.5 Å². The highest BCUT2D eigenvalue weighted by molar-refractivity contribution is 6.21. The smallest absolute Gasteiger partial charge is 0.170 e. The summed E-state index contributed by atoms with van der Waals surface area (Å²) in [6, 6.07) is 4.51. The van der Waals surface area contributed by atoms with Crippen LogP contribution in [-0.2, 0) is 0 Å². The van der Waals surface area contributed by atoms with Crippen molar-refractivity contribution in [2.45, 2.75) is 23.9 Å². The number of halogens is 10. The van der Waals surface area contributed by atoms with E-state index < -0.39 is 34.9 Å². The second-order valence-corrected chi connectivity index (χ2v) is 4.51. The number of hydrogen-bond acceptors (Lipinski definition) is 0. The third-order valence-electron chi connectivity index (χ3n) is 2.81. The maximum absolute atomic E-state index is 12.8. The van der Waals surface area contributed by atoms with Crippen molar-refractivity contribution in [2.24, 2.45) is 5.41 Å². The number of rotatable bonds is 2. The highest BCUT2D eigenvalue weighted by Gasteiger charge is 2.86. The Bertz CT molecular complexity index is 435. The van der Waals surface area contributed by atoms with Crippen LogP contribution in [0.15, 0.2) is 30.3 Å². The molecule has 0 aliphatic carbocycles. The van der Waals surface area contributed by atoms with Gasteiger partial charge in [0.15, 0.2) is 0 Å². The first-order valence-electron chi connectivity index (χ1n) is 5.16. The highest BCUT2D eigenvalue weighted by atomic mass is 35.5. The lowest BCUT2D eigenvalue weighted by molar-refractivity contribution is -0.428. The molecule has 0 spiro atoms. The third kappa shape index (κ3) is 2.79. The van der Waals surface area contributed by atoms with Crippen LogP contribution < -0.4 is 0 Å². The van der Waals surface area contributed by atoms with Gasteiger partial charge < -0.3 is 0 Å². The fourth-order valence-electron chi connectivity index (χ4n) is 1.79. The monoisotopic (exact) mass is 344 g/mol. The molecule has 0 aliphatic heterocycles. The minimum atomic E-state index is -6.67. The topological polar surface area (TPSA) is 0 Å². The average Bonchev–Trinajstić information content (AvgIpc) is 2.24. The van der Waals surface area contributed by atoms with E-state index in [1.54, 1.807) is 0 Å². The van der Waals surface area contributed by atoms with E-state index in [4.69, 9.17) is 11.6 Å². The second-order valence-electron chi connectivity index (χ2n) is 4.07. The molecule has 0 heterocycles. The molecule has 1 aromatic carbocycles. The Morgan fingerprint density at radius 2 is 1.00 bits per heavy atom. The minimum Gasteiger partial charge on any atom is -0.170 e. The van der Waals surface area contributed by atoms with Crippen LogP contribution in [0.2, 0.25) is 0 Å². The molecule has 0 saturated carbocycles. The van der Waals surface area contributed by atoms with Gasteiger partial charge in [-0.25, -0.2) is 0 Å². The van der Waals surface area contributed by atoms with E-state index in [9.17, 15) is 39.5 Å². The van der Waals surface area contributed by atoms with Crippen molar-refractivity contribution < 1.29 is 39.5 Å². The molecule has 0 radical (unpaired) electrons. The number of benzene rings is 1. The molecule has 1 rings (SSSR count). The standard InChI is InChI=1S/C11H6ClF9/c12-7(6-4-2-1-3-5-6)8(9(13,14)15,10(16,17)18)11(19,20)21/h1-5,7H. The van der Waals surface area contributed by atoms with Gasteiger partial charge in [0, 0.05) is 0 Å². The zero-order valence-electron chi connectivity index (χ0n) is 9.74. The maximum atomic E-state index is 12.8. The molecule has 1 atom stereocenters. The Morgan fingerprint density at radius 3 is 1.29 bits per heavy atom. The number of hydrogen-bond donors (Lipinski definition) is 0. The summed E-state index contributed by atoms with van der Waals surface area (Å²) in [7, 11) is 0. The van der Waals surface area contributed by atoms with Crippen LogP contribution in [0.25, 0.3) is 0 Å². The zero-order valence-corrected chi connectivity index (χ0v) is 10.5. The van der Waals surface area contributed by atoms with Crippen molar-refractivity contribution in [3.63, 3.8) is 0 Å². The molecular weight excluding hydrogens is 339 g/mol. The summed E-state index contributed by atoms with van der Waals surface area (Å²) in [4.78, 5) is 0. The molecule has 10 heteroatoms. The first-order chi connectivity index (χ1) is 9.27. The van der Waals surface area contributed by atoms with Gasteiger partial charge in [0.05, 0.1) is 5.38 Å². The predicted molar refractivity (Wildman–Crippen MR) is 55.6 cm³/mol. The van der Waals surface area contributed by atoms with Gasteiger partial charge >= 0.3 is 18.5 Å². The highest BCUT2D eigenvalue weighted by Crippen LogP contribution is 2.66. The molecule has 120 valence electrons. The van der Waals surface area contributed by atoms with Crippen LogP contribution >= 0.6 is 11.6 Å². The number of alkyl halides is 10. The molecule has 0 amide bonds. The van der Waals surface area contributed by atoms with E-state index in [1.165, 1.54) is 6.07 Å². The Balaban J connectivity index is 3.67.